The quantitative estimate of drug-likeness (QED) is 0.760. The van der Waals surface area contributed by atoms with E-state index in [1.54, 1.807) is 6.20 Å². The molecule has 0 radical (unpaired) electrons. The van der Waals surface area contributed by atoms with Crippen LogP contribution in [0.25, 0.3) is 0 Å². The van der Waals surface area contributed by atoms with Crippen LogP contribution in [0.3, 0.4) is 0 Å². The summed E-state index contributed by atoms with van der Waals surface area (Å²) in [7, 11) is 0. The Balaban J connectivity index is 2.21. The molecule has 0 aliphatic carbocycles. The van der Waals surface area contributed by atoms with Gasteiger partial charge in [0.15, 0.2) is 5.69 Å². The average molecular weight is 219 g/mol. The normalized spacial score (nSPS) is 15.8. The molecule has 0 bridgehead atoms. The second kappa shape index (κ2) is 4.30. The van der Waals surface area contributed by atoms with Crippen LogP contribution in [0.15, 0.2) is 24.0 Å². The fourth-order valence-electron chi connectivity index (χ4n) is 1.59. The first kappa shape index (κ1) is 10.6. The summed E-state index contributed by atoms with van der Waals surface area (Å²) < 4.78 is 0. The van der Waals surface area contributed by atoms with E-state index >= 15 is 0 Å². The highest BCUT2D eigenvalue weighted by Crippen LogP contribution is 2.16. The Labute approximate surface area is 93.4 Å². The predicted molar refractivity (Wildman–Crippen MR) is 59.6 cm³/mol. The zero-order valence-corrected chi connectivity index (χ0v) is 9.05. The Hall–Kier alpha value is -1.91. The highest BCUT2D eigenvalue weighted by atomic mass is 16.4. The number of aromatic carboxylic acids is 1. The van der Waals surface area contributed by atoms with Gasteiger partial charge in [-0.15, -0.1) is 0 Å². The minimum Gasteiger partial charge on any atom is -0.476 e. The average Bonchev–Trinajstić information content (AvgIpc) is 2.30. The van der Waals surface area contributed by atoms with Gasteiger partial charge in [-0.05, 0) is 13.3 Å². The Kier molecular flexibility index (Phi) is 2.85. The van der Waals surface area contributed by atoms with Crippen LogP contribution in [0, 0.1) is 0 Å². The van der Waals surface area contributed by atoms with Gasteiger partial charge in [-0.3, -0.25) is 4.98 Å². The molecule has 1 aromatic rings. The van der Waals surface area contributed by atoms with Crippen molar-refractivity contribution >= 4 is 11.8 Å². The van der Waals surface area contributed by atoms with Crippen molar-refractivity contribution in [2.45, 2.75) is 13.3 Å². The van der Waals surface area contributed by atoms with Gasteiger partial charge in [0.1, 0.15) is 5.82 Å². The monoisotopic (exact) mass is 219 g/mol. The van der Waals surface area contributed by atoms with Crippen molar-refractivity contribution in [2.75, 3.05) is 18.0 Å². The Morgan fingerprint density at radius 3 is 2.94 bits per heavy atom. The van der Waals surface area contributed by atoms with Crippen molar-refractivity contribution in [2.24, 2.45) is 0 Å². The third kappa shape index (κ3) is 2.18. The molecule has 16 heavy (non-hydrogen) atoms. The van der Waals surface area contributed by atoms with Crippen LogP contribution < -0.4 is 4.90 Å². The first-order valence-corrected chi connectivity index (χ1v) is 5.13. The molecule has 2 heterocycles. The van der Waals surface area contributed by atoms with Gasteiger partial charge in [-0.1, -0.05) is 11.6 Å². The molecule has 1 aliphatic heterocycles. The molecule has 1 aliphatic rings. The number of nitrogens with zero attached hydrogens (tertiary/aromatic N) is 3. The zero-order chi connectivity index (χ0) is 11.5. The molecular formula is C11H13N3O2. The number of anilines is 1. The molecule has 0 fully saturated rings. The minimum absolute atomic E-state index is 0.0104. The summed E-state index contributed by atoms with van der Waals surface area (Å²) in [5, 5.41) is 8.82. The van der Waals surface area contributed by atoms with Crippen LogP contribution in [-0.4, -0.2) is 34.1 Å². The minimum atomic E-state index is -1.04. The lowest BCUT2D eigenvalue weighted by Gasteiger charge is -2.26. The summed E-state index contributed by atoms with van der Waals surface area (Å²) in [6, 6.07) is 0. The van der Waals surface area contributed by atoms with Gasteiger partial charge < -0.3 is 10.0 Å². The van der Waals surface area contributed by atoms with E-state index in [-0.39, 0.29) is 5.69 Å². The van der Waals surface area contributed by atoms with Crippen molar-refractivity contribution in [3.8, 4) is 0 Å². The Morgan fingerprint density at radius 2 is 2.31 bits per heavy atom. The maximum Gasteiger partial charge on any atom is 0.356 e. The van der Waals surface area contributed by atoms with Crippen molar-refractivity contribution in [3.63, 3.8) is 0 Å². The molecule has 0 saturated carbocycles. The van der Waals surface area contributed by atoms with Crippen molar-refractivity contribution in [3.05, 3.63) is 29.7 Å². The smallest absolute Gasteiger partial charge is 0.356 e. The SMILES string of the molecule is CC1=CCN(c2cncc(C(=O)O)n2)CC1. The van der Waals surface area contributed by atoms with Crippen LogP contribution in [0.2, 0.25) is 0 Å². The van der Waals surface area contributed by atoms with Gasteiger partial charge in [0.05, 0.1) is 12.4 Å². The number of hydrogen-bond acceptors (Lipinski definition) is 4. The summed E-state index contributed by atoms with van der Waals surface area (Å²) in [6.45, 7) is 3.72. The first-order chi connectivity index (χ1) is 7.66. The summed E-state index contributed by atoms with van der Waals surface area (Å²) in [5.74, 6) is -0.415. The molecule has 0 unspecified atom stereocenters. The van der Waals surface area contributed by atoms with Crippen molar-refractivity contribution < 1.29 is 9.90 Å². The van der Waals surface area contributed by atoms with Gasteiger partial charge in [-0.25, -0.2) is 9.78 Å². The lowest BCUT2D eigenvalue weighted by molar-refractivity contribution is 0.0690. The molecule has 5 heteroatoms. The molecule has 2 rings (SSSR count). The lowest BCUT2D eigenvalue weighted by atomic mass is 10.1. The topological polar surface area (TPSA) is 66.3 Å². The van der Waals surface area contributed by atoms with E-state index in [2.05, 4.69) is 23.0 Å². The molecule has 0 amide bonds. The standard InChI is InChI=1S/C11H13N3O2/c1-8-2-4-14(5-3-8)10-7-12-6-9(13-10)11(15)16/h2,6-7H,3-5H2,1H3,(H,15,16). The van der Waals surface area contributed by atoms with E-state index in [0.717, 1.165) is 19.5 Å². The van der Waals surface area contributed by atoms with Crippen LogP contribution in [-0.2, 0) is 0 Å². The Bertz CT molecular complexity index is 443. The summed E-state index contributed by atoms with van der Waals surface area (Å²) >= 11 is 0. The second-order valence-electron chi connectivity index (χ2n) is 3.81. The predicted octanol–water partition coefficient (Wildman–Crippen LogP) is 1.33. The number of carboxylic acids is 1. The third-order valence-corrected chi connectivity index (χ3v) is 2.60. The van der Waals surface area contributed by atoms with Gasteiger partial charge in [0, 0.05) is 13.1 Å². The molecular weight excluding hydrogens is 206 g/mol. The fourth-order valence-corrected chi connectivity index (χ4v) is 1.59. The number of aromatic nitrogens is 2. The number of rotatable bonds is 2. The van der Waals surface area contributed by atoms with Crippen LogP contribution in [0.1, 0.15) is 23.8 Å². The highest BCUT2D eigenvalue weighted by Gasteiger charge is 2.13. The molecule has 0 aromatic carbocycles. The molecule has 84 valence electrons. The molecule has 0 saturated heterocycles. The van der Waals surface area contributed by atoms with Crippen molar-refractivity contribution in [1.82, 2.24) is 9.97 Å². The largest absolute Gasteiger partial charge is 0.476 e. The molecule has 5 nitrogen and oxygen atoms in total. The van der Waals surface area contributed by atoms with Gasteiger partial charge in [0.2, 0.25) is 0 Å². The van der Waals surface area contributed by atoms with E-state index in [1.807, 2.05) is 4.90 Å². The van der Waals surface area contributed by atoms with Crippen LogP contribution in [0.5, 0.6) is 0 Å². The summed E-state index contributed by atoms with van der Waals surface area (Å²) in [5.41, 5.74) is 1.35. The lowest BCUT2D eigenvalue weighted by Crippen LogP contribution is -2.29. The first-order valence-electron chi connectivity index (χ1n) is 5.13. The fraction of sp³-hybridized carbons (Fsp3) is 0.364. The van der Waals surface area contributed by atoms with Gasteiger partial charge in [0.25, 0.3) is 0 Å². The van der Waals surface area contributed by atoms with E-state index in [4.69, 9.17) is 5.11 Å². The number of carbonyl (C=O) groups is 1. The number of hydrogen-bond donors (Lipinski definition) is 1. The van der Waals surface area contributed by atoms with E-state index in [9.17, 15) is 4.79 Å². The maximum atomic E-state index is 10.8. The van der Waals surface area contributed by atoms with Crippen LogP contribution >= 0.6 is 0 Å². The molecule has 1 N–H and O–H groups in total. The third-order valence-electron chi connectivity index (χ3n) is 2.60. The molecule has 0 atom stereocenters. The highest BCUT2D eigenvalue weighted by molar-refractivity contribution is 5.85. The van der Waals surface area contributed by atoms with Crippen LogP contribution in [0.4, 0.5) is 5.82 Å². The number of carboxylic acid groups (broad SMARTS) is 1. The van der Waals surface area contributed by atoms with Gasteiger partial charge >= 0.3 is 5.97 Å². The maximum absolute atomic E-state index is 10.8. The molecule has 0 spiro atoms. The summed E-state index contributed by atoms with van der Waals surface area (Å²) in [6.07, 6.45) is 5.97. The van der Waals surface area contributed by atoms with Crippen molar-refractivity contribution in [1.29, 1.82) is 0 Å². The van der Waals surface area contributed by atoms with E-state index in [0.29, 0.717) is 5.82 Å². The van der Waals surface area contributed by atoms with Gasteiger partial charge in [-0.2, -0.15) is 0 Å². The summed E-state index contributed by atoms with van der Waals surface area (Å²) in [4.78, 5) is 20.7. The van der Waals surface area contributed by atoms with E-state index < -0.39 is 5.97 Å². The second-order valence-corrected chi connectivity index (χ2v) is 3.81. The Morgan fingerprint density at radius 1 is 1.50 bits per heavy atom. The zero-order valence-electron chi connectivity index (χ0n) is 9.05. The molecule has 1 aromatic heterocycles. The van der Waals surface area contributed by atoms with E-state index in [1.165, 1.54) is 11.8 Å².